The fraction of sp³-hybridized carbons (Fsp3) is 0.815. The number of likely N-dealkylation sites (tertiary alicyclic amines) is 1. The summed E-state index contributed by atoms with van der Waals surface area (Å²) in [4.78, 5) is 29.6. The summed E-state index contributed by atoms with van der Waals surface area (Å²) < 4.78 is 0. The van der Waals surface area contributed by atoms with Crippen molar-refractivity contribution in [2.75, 3.05) is 37.6 Å². The maximum Gasteiger partial charge on any atom is 0.225 e. The quantitative estimate of drug-likeness (QED) is 0.579. The van der Waals surface area contributed by atoms with E-state index < -0.39 is 0 Å². The summed E-state index contributed by atoms with van der Waals surface area (Å²) in [5, 5.41) is 0. The van der Waals surface area contributed by atoms with Crippen LogP contribution >= 0.6 is 0 Å². The van der Waals surface area contributed by atoms with Gasteiger partial charge in [-0.05, 0) is 63.6 Å². The van der Waals surface area contributed by atoms with Crippen LogP contribution in [0.2, 0.25) is 0 Å². The molecule has 1 aliphatic carbocycles. The third-order valence-electron chi connectivity index (χ3n) is 8.69. The molecule has 2 saturated heterocycles. The van der Waals surface area contributed by atoms with E-state index in [-0.39, 0.29) is 5.92 Å². The zero-order valence-electron chi connectivity index (χ0n) is 21.6. The summed E-state index contributed by atoms with van der Waals surface area (Å²) >= 11 is 0. The highest BCUT2D eigenvalue weighted by Crippen LogP contribution is 2.53. The van der Waals surface area contributed by atoms with Crippen molar-refractivity contribution in [3.05, 3.63) is 18.0 Å². The van der Waals surface area contributed by atoms with Crippen LogP contribution in [0.3, 0.4) is 0 Å². The fourth-order valence-corrected chi connectivity index (χ4v) is 6.45. The molecule has 6 nitrogen and oxygen atoms in total. The van der Waals surface area contributed by atoms with Crippen LogP contribution in [-0.2, 0) is 11.3 Å². The van der Waals surface area contributed by atoms with Crippen molar-refractivity contribution in [3.63, 3.8) is 0 Å². The van der Waals surface area contributed by atoms with Crippen LogP contribution in [0, 0.1) is 17.3 Å². The van der Waals surface area contributed by atoms with Gasteiger partial charge in [0.25, 0.3) is 0 Å². The van der Waals surface area contributed by atoms with Crippen molar-refractivity contribution in [3.8, 4) is 0 Å². The molecule has 1 aromatic rings. The normalized spacial score (nSPS) is 26.7. The Hall–Kier alpha value is -1.53. The maximum atomic E-state index is 12.3. The number of anilines is 1. The summed E-state index contributed by atoms with van der Waals surface area (Å²) in [6.07, 6.45) is 11.1. The molecule has 2 aliphatic heterocycles. The standard InChI is InChI=1S/C27H45N5O/c1-6-23-18-30(8-3)19-24(7-2)32(23)26-28-15-21(16-29-26)17-31-11-9-27(10-12-31)13-22(14-27)25(33)20(4)5/h15-16,20,22-24H,6-14,17-19H2,1-5H3. The Morgan fingerprint density at radius 3 is 2.06 bits per heavy atom. The first kappa shape index (κ1) is 24.6. The molecule has 4 rings (SSSR count). The minimum Gasteiger partial charge on any atom is -0.332 e. The van der Waals surface area contributed by atoms with Crippen molar-refractivity contribution >= 4 is 11.7 Å². The minimum absolute atomic E-state index is 0.186. The molecule has 184 valence electrons. The van der Waals surface area contributed by atoms with Crippen LogP contribution in [0.1, 0.15) is 78.7 Å². The molecule has 2 unspecified atom stereocenters. The van der Waals surface area contributed by atoms with Gasteiger partial charge >= 0.3 is 0 Å². The molecule has 0 radical (unpaired) electrons. The van der Waals surface area contributed by atoms with Crippen LogP contribution in [-0.4, -0.2) is 70.4 Å². The first-order chi connectivity index (χ1) is 15.9. The minimum atomic E-state index is 0.186. The zero-order valence-corrected chi connectivity index (χ0v) is 21.6. The molecule has 1 spiro atoms. The predicted octanol–water partition coefficient (Wildman–Crippen LogP) is 4.39. The van der Waals surface area contributed by atoms with Gasteiger partial charge in [-0.15, -0.1) is 0 Å². The van der Waals surface area contributed by atoms with E-state index in [4.69, 9.17) is 9.97 Å². The topological polar surface area (TPSA) is 52.6 Å². The Balaban J connectivity index is 1.31. The third-order valence-corrected chi connectivity index (χ3v) is 8.69. The summed E-state index contributed by atoms with van der Waals surface area (Å²) in [6.45, 7) is 17.4. The molecule has 0 N–H and O–H groups in total. The number of carbonyl (C=O) groups is 1. The molecule has 6 heteroatoms. The number of nitrogens with zero attached hydrogens (tertiary/aromatic N) is 5. The SMILES string of the molecule is CCC1CN(CC)CC(CC)N1c1ncc(CN2CCC3(CC2)CC(C(=O)C(C)C)C3)cn1. The third kappa shape index (κ3) is 5.27. The van der Waals surface area contributed by atoms with Gasteiger partial charge in [-0.2, -0.15) is 0 Å². The molecule has 0 aromatic carbocycles. The van der Waals surface area contributed by atoms with Gasteiger partial charge in [0, 0.05) is 61.5 Å². The Morgan fingerprint density at radius 1 is 1.00 bits per heavy atom. The molecule has 3 fully saturated rings. The summed E-state index contributed by atoms with van der Waals surface area (Å²) in [6, 6.07) is 0.975. The van der Waals surface area contributed by atoms with Gasteiger partial charge in [-0.1, -0.05) is 34.6 Å². The number of hydrogen-bond donors (Lipinski definition) is 0. The fourth-order valence-electron chi connectivity index (χ4n) is 6.45. The van der Waals surface area contributed by atoms with Crippen LogP contribution in [0.4, 0.5) is 5.95 Å². The lowest BCUT2D eigenvalue weighted by molar-refractivity contribution is -0.135. The highest BCUT2D eigenvalue weighted by molar-refractivity contribution is 5.83. The van der Waals surface area contributed by atoms with Crippen molar-refractivity contribution in [2.24, 2.45) is 17.3 Å². The molecule has 1 saturated carbocycles. The molecule has 3 heterocycles. The Morgan fingerprint density at radius 2 is 1.58 bits per heavy atom. The molecule has 3 aliphatic rings. The molecular weight excluding hydrogens is 410 g/mol. The summed E-state index contributed by atoms with van der Waals surface area (Å²) in [5.41, 5.74) is 1.65. The Labute approximate surface area is 201 Å². The molecule has 1 aromatic heterocycles. The van der Waals surface area contributed by atoms with E-state index in [0.29, 0.717) is 29.2 Å². The van der Waals surface area contributed by atoms with E-state index >= 15 is 0 Å². The molecule has 0 bridgehead atoms. The highest BCUT2D eigenvalue weighted by Gasteiger charge is 2.48. The van der Waals surface area contributed by atoms with Crippen molar-refractivity contribution in [1.29, 1.82) is 0 Å². The average Bonchev–Trinajstić information content (AvgIpc) is 2.82. The number of piperidine rings is 1. The largest absolute Gasteiger partial charge is 0.332 e. The summed E-state index contributed by atoms with van der Waals surface area (Å²) in [7, 11) is 0. The molecule has 2 atom stereocenters. The van der Waals surface area contributed by atoms with Gasteiger partial charge in [0.2, 0.25) is 5.95 Å². The second-order valence-electron chi connectivity index (χ2n) is 11.2. The van der Waals surface area contributed by atoms with E-state index in [1.807, 2.05) is 13.8 Å². The molecule has 33 heavy (non-hydrogen) atoms. The second kappa shape index (κ2) is 10.4. The van der Waals surface area contributed by atoms with E-state index in [1.165, 1.54) is 18.4 Å². The van der Waals surface area contributed by atoms with Gasteiger partial charge in [-0.3, -0.25) is 14.6 Å². The highest BCUT2D eigenvalue weighted by atomic mass is 16.1. The van der Waals surface area contributed by atoms with E-state index in [0.717, 1.165) is 70.9 Å². The van der Waals surface area contributed by atoms with E-state index in [9.17, 15) is 4.79 Å². The number of carbonyl (C=O) groups excluding carboxylic acids is 1. The van der Waals surface area contributed by atoms with Gasteiger partial charge < -0.3 is 4.90 Å². The average molecular weight is 456 g/mol. The van der Waals surface area contributed by atoms with Gasteiger partial charge in [0.05, 0.1) is 0 Å². The first-order valence-corrected chi connectivity index (χ1v) is 13.5. The zero-order chi connectivity index (χ0) is 23.6. The smallest absolute Gasteiger partial charge is 0.225 e. The number of aromatic nitrogens is 2. The van der Waals surface area contributed by atoms with Crippen molar-refractivity contribution in [2.45, 2.75) is 91.8 Å². The Kier molecular flexibility index (Phi) is 7.74. The monoisotopic (exact) mass is 455 g/mol. The van der Waals surface area contributed by atoms with E-state index in [1.54, 1.807) is 0 Å². The molecule has 0 amide bonds. The van der Waals surface area contributed by atoms with Gasteiger partial charge in [-0.25, -0.2) is 9.97 Å². The lowest BCUT2D eigenvalue weighted by Gasteiger charge is -2.52. The number of rotatable bonds is 8. The number of piperazine rings is 1. The van der Waals surface area contributed by atoms with Crippen molar-refractivity contribution in [1.82, 2.24) is 19.8 Å². The second-order valence-corrected chi connectivity index (χ2v) is 11.2. The van der Waals surface area contributed by atoms with E-state index in [2.05, 4.69) is 47.9 Å². The van der Waals surface area contributed by atoms with Gasteiger partial charge in [0.1, 0.15) is 5.78 Å². The Bertz CT molecular complexity index is 764. The lowest BCUT2D eigenvalue weighted by Crippen LogP contribution is -2.59. The van der Waals surface area contributed by atoms with Crippen LogP contribution in [0.5, 0.6) is 0 Å². The predicted molar refractivity (Wildman–Crippen MR) is 134 cm³/mol. The summed E-state index contributed by atoms with van der Waals surface area (Å²) in [5.74, 6) is 1.90. The van der Waals surface area contributed by atoms with Crippen LogP contribution in [0.15, 0.2) is 12.4 Å². The van der Waals surface area contributed by atoms with Crippen molar-refractivity contribution < 1.29 is 4.79 Å². The van der Waals surface area contributed by atoms with Crippen LogP contribution in [0.25, 0.3) is 0 Å². The van der Waals surface area contributed by atoms with Crippen LogP contribution < -0.4 is 4.90 Å². The first-order valence-electron chi connectivity index (χ1n) is 13.5. The number of likely N-dealkylation sites (N-methyl/N-ethyl adjacent to an activating group) is 1. The van der Waals surface area contributed by atoms with Gasteiger partial charge in [0.15, 0.2) is 0 Å². The number of Topliss-reactive ketones (excluding diaryl/α,β-unsaturated/α-hetero) is 1. The number of hydrogen-bond acceptors (Lipinski definition) is 6. The maximum absolute atomic E-state index is 12.3. The lowest BCUT2D eigenvalue weighted by atomic mass is 9.56. The molecular formula is C27H45N5O. The number of ketones is 1.